The second-order valence-electron chi connectivity index (χ2n) is 7.47. The maximum atomic E-state index is 13.1. The summed E-state index contributed by atoms with van der Waals surface area (Å²) in [6.07, 6.45) is 1.17. The van der Waals surface area contributed by atoms with Crippen molar-refractivity contribution in [3.05, 3.63) is 42.4 Å². The molecule has 12 heteroatoms. The van der Waals surface area contributed by atoms with Crippen LogP contribution in [0.3, 0.4) is 0 Å². The van der Waals surface area contributed by atoms with Gasteiger partial charge in [-0.2, -0.15) is 5.10 Å². The third-order valence-corrected chi connectivity index (χ3v) is 5.56. The lowest BCUT2D eigenvalue weighted by atomic mass is 10.1. The summed E-state index contributed by atoms with van der Waals surface area (Å²) < 4.78 is 58.7. The number of rotatable bonds is 6. The van der Waals surface area contributed by atoms with Crippen LogP contribution in [0.5, 0.6) is 0 Å². The van der Waals surface area contributed by atoms with Crippen LogP contribution in [0.15, 0.2) is 36.7 Å². The van der Waals surface area contributed by atoms with Crippen molar-refractivity contribution in [1.29, 1.82) is 0 Å². The third kappa shape index (κ3) is 4.97. The lowest BCUT2D eigenvalue weighted by Gasteiger charge is -2.37. The topological polar surface area (TPSA) is 102 Å². The molecule has 3 aromatic heterocycles. The molecule has 166 valence electrons. The zero-order valence-electron chi connectivity index (χ0n) is 16.9. The van der Waals surface area contributed by atoms with Gasteiger partial charge in [0.25, 0.3) is 6.43 Å². The molecule has 0 spiro atoms. The molecule has 1 unspecified atom stereocenters. The minimum atomic E-state index is -3.32. The molecule has 3 aromatic rings. The molecule has 0 aromatic carbocycles. The SMILES string of the molecule is C[C@@H]1CN(c2cc(-c3cnc4ccc(C(F)F)nn34)ccn2)CC(CNS(C)(=O)=O)O1. The Morgan fingerprint density at radius 2 is 2.06 bits per heavy atom. The van der Waals surface area contributed by atoms with E-state index in [1.165, 1.54) is 16.6 Å². The number of nitrogens with zero attached hydrogens (tertiary/aromatic N) is 5. The van der Waals surface area contributed by atoms with Crippen molar-refractivity contribution in [3.8, 4) is 11.3 Å². The molecular formula is C19H22F2N6O3S. The molecule has 0 bridgehead atoms. The fraction of sp³-hybridized carbons (Fsp3) is 0.421. The molecule has 1 saturated heterocycles. The molecule has 0 saturated carbocycles. The number of pyridine rings is 1. The van der Waals surface area contributed by atoms with Crippen molar-refractivity contribution in [1.82, 2.24) is 24.3 Å². The molecule has 1 aliphatic heterocycles. The molecule has 0 radical (unpaired) electrons. The predicted octanol–water partition coefficient (Wildman–Crippen LogP) is 1.87. The van der Waals surface area contributed by atoms with Crippen LogP contribution in [0.4, 0.5) is 14.6 Å². The number of fused-ring (bicyclic) bond motifs is 1. The van der Waals surface area contributed by atoms with Gasteiger partial charge in [0.2, 0.25) is 10.0 Å². The Morgan fingerprint density at radius 1 is 1.26 bits per heavy atom. The standard InChI is InChI=1S/C19H22F2N6O3S/c1-12-10-26(11-14(30-12)8-24-31(2,28)29)18-7-13(5-6-22-18)16-9-23-17-4-3-15(19(20)21)25-27(16)17/h3-7,9,12,14,19,24H,8,10-11H2,1-2H3/t12-,14?/m1/s1. The summed E-state index contributed by atoms with van der Waals surface area (Å²) in [6.45, 7) is 3.09. The first-order chi connectivity index (χ1) is 14.7. The maximum absolute atomic E-state index is 13.1. The molecule has 2 atom stereocenters. The zero-order chi connectivity index (χ0) is 22.2. The Hall–Kier alpha value is -2.70. The number of imidazole rings is 1. The number of nitrogens with one attached hydrogen (secondary N) is 1. The number of sulfonamides is 1. The number of anilines is 1. The van der Waals surface area contributed by atoms with Gasteiger partial charge in [-0.15, -0.1) is 0 Å². The van der Waals surface area contributed by atoms with E-state index in [1.54, 1.807) is 18.5 Å². The van der Waals surface area contributed by atoms with Crippen LogP contribution in [0, 0.1) is 0 Å². The Bertz CT molecular complexity index is 1190. The summed E-state index contributed by atoms with van der Waals surface area (Å²) in [6, 6.07) is 6.35. The summed E-state index contributed by atoms with van der Waals surface area (Å²) in [5, 5.41) is 4.01. The smallest absolute Gasteiger partial charge is 0.282 e. The Balaban J connectivity index is 1.61. The summed E-state index contributed by atoms with van der Waals surface area (Å²) in [5.74, 6) is 0.664. The molecule has 0 amide bonds. The van der Waals surface area contributed by atoms with Crippen LogP contribution < -0.4 is 9.62 Å². The van der Waals surface area contributed by atoms with Crippen LogP contribution in [0.1, 0.15) is 19.0 Å². The van der Waals surface area contributed by atoms with Crippen molar-refractivity contribution < 1.29 is 21.9 Å². The van der Waals surface area contributed by atoms with E-state index in [4.69, 9.17) is 4.74 Å². The van der Waals surface area contributed by atoms with E-state index in [-0.39, 0.29) is 24.4 Å². The van der Waals surface area contributed by atoms with Gasteiger partial charge in [-0.1, -0.05) is 0 Å². The average molecular weight is 452 g/mol. The first-order valence-corrected chi connectivity index (χ1v) is 11.5. The van der Waals surface area contributed by atoms with Gasteiger partial charge in [0.15, 0.2) is 5.65 Å². The second kappa shape index (κ2) is 8.44. The Kier molecular flexibility index (Phi) is 5.86. The maximum Gasteiger partial charge on any atom is 0.282 e. The van der Waals surface area contributed by atoms with Crippen LogP contribution >= 0.6 is 0 Å². The highest BCUT2D eigenvalue weighted by Gasteiger charge is 2.27. The van der Waals surface area contributed by atoms with Crippen LogP contribution in [0.2, 0.25) is 0 Å². The Labute approximate surface area is 178 Å². The van der Waals surface area contributed by atoms with Gasteiger partial charge in [-0.25, -0.2) is 36.4 Å². The monoisotopic (exact) mass is 452 g/mol. The Morgan fingerprint density at radius 3 is 2.81 bits per heavy atom. The van der Waals surface area contributed by atoms with Gasteiger partial charge in [-0.05, 0) is 31.2 Å². The minimum Gasteiger partial charge on any atom is -0.370 e. The third-order valence-electron chi connectivity index (χ3n) is 4.87. The predicted molar refractivity (Wildman–Crippen MR) is 111 cm³/mol. The lowest BCUT2D eigenvalue weighted by molar-refractivity contribution is -0.0124. The summed E-state index contributed by atoms with van der Waals surface area (Å²) in [4.78, 5) is 10.7. The first-order valence-electron chi connectivity index (χ1n) is 9.64. The van der Waals surface area contributed by atoms with E-state index in [2.05, 4.69) is 19.8 Å². The number of alkyl halides is 2. The van der Waals surface area contributed by atoms with E-state index < -0.39 is 16.4 Å². The quantitative estimate of drug-likeness (QED) is 0.609. The van der Waals surface area contributed by atoms with Gasteiger partial charge in [0.05, 0.1) is 30.4 Å². The van der Waals surface area contributed by atoms with Gasteiger partial charge < -0.3 is 9.64 Å². The molecule has 1 N–H and O–H groups in total. The first kappa shape index (κ1) is 21.5. The molecule has 1 aliphatic rings. The van der Waals surface area contributed by atoms with Gasteiger partial charge in [0, 0.05) is 31.4 Å². The number of morpholine rings is 1. The summed E-state index contributed by atoms with van der Waals surface area (Å²) in [7, 11) is -3.32. The van der Waals surface area contributed by atoms with E-state index in [0.717, 1.165) is 11.8 Å². The highest BCUT2D eigenvalue weighted by molar-refractivity contribution is 7.88. The highest BCUT2D eigenvalue weighted by atomic mass is 32.2. The van der Waals surface area contributed by atoms with Gasteiger partial charge in [0.1, 0.15) is 11.5 Å². The highest BCUT2D eigenvalue weighted by Crippen LogP contribution is 2.26. The minimum absolute atomic E-state index is 0.128. The second-order valence-corrected chi connectivity index (χ2v) is 9.30. The molecule has 0 aliphatic carbocycles. The molecule has 1 fully saturated rings. The van der Waals surface area contributed by atoms with Crippen molar-refractivity contribution in [2.45, 2.75) is 25.6 Å². The van der Waals surface area contributed by atoms with Crippen molar-refractivity contribution >= 4 is 21.5 Å². The van der Waals surface area contributed by atoms with Crippen LogP contribution in [0.25, 0.3) is 16.9 Å². The van der Waals surface area contributed by atoms with Crippen molar-refractivity contribution in [2.24, 2.45) is 0 Å². The number of hydrogen-bond acceptors (Lipinski definition) is 7. The molecule has 4 rings (SSSR count). The number of aromatic nitrogens is 4. The van der Waals surface area contributed by atoms with E-state index >= 15 is 0 Å². The van der Waals surface area contributed by atoms with Crippen LogP contribution in [-0.2, 0) is 14.8 Å². The number of halogens is 2. The van der Waals surface area contributed by atoms with E-state index in [9.17, 15) is 17.2 Å². The molecular weight excluding hydrogens is 430 g/mol. The molecule has 31 heavy (non-hydrogen) atoms. The van der Waals surface area contributed by atoms with Gasteiger partial charge >= 0.3 is 0 Å². The van der Waals surface area contributed by atoms with Crippen LogP contribution in [-0.4, -0.2) is 66.1 Å². The molecule has 4 heterocycles. The molecule has 9 nitrogen and oxygen atoms in total. The van der Waals surface area contributed by atoms with Gasteiger partial charge in [-0.3, -0.25) is 0 Å². The van der Waals surface area contributed by atoms with E-state index in [0.29, 0.717) is 30.2 Å². The van der Waals surface area contributed by atoms with Crippen molar-refractivity contribution in [3.63, 3.8) is 0 Å². The fourth-order valence-corrected chi connectivity index (χ4v) is 4.03. The number of ether oxygens (including phenoxy) is 1. The van der Waals surface area contributed by atoms with E-state index in [1.807, 2.05) is 17.9 Å². The fourth-order valence-electron chi connectivity index (χ4n) is 3.54. The zero-order valence-corrected chi connectivity index (χ0v) is 17.8. The number of hydrogen-bond donors (Lipinski definition) is 1. The summed E-state index contributed by atoms with van der Waals surface area (Å²) >= 11 is 0. The summed E-state index contributed by atoms with van der Waals surface area (Å²) in [5.41, 5.74) is 1.42. The average Bonchev–Trinajstić information content (AvgIpc) is 3.15. The normalized spacial score (nSPS) is 20.0. The van der Waals surface area contributed by atoms with Crippen molar-refractivity contribution in [2.75, 3.05) is 30.8 Å². The lowest BCUT2D eigenvalue weighted by Crippen LogP contribution is -2.51. The largest absolute Gasteiger partial charge is 0.370 e.